The van der Waals surface area contributed by atoms with E-state index in [1.54, 1.807) is 0 Å². The van der Waals surface area contributed by atoms with Gasteiger partial charge < -0.3 is 5.73 Å². The van der Waals surface area contributed by atoms with Crippen LogP contribution in [0.4, 0.5) is 5.69 Å². The summed E-state index contributed by atoms with van der Waals surface area (Å²) in [4.78, 5) is 2.20. The molecule has 0 saturated heterocycles. The highest BCUT2D eigenvalue weighted by Gasteiger charge is 2.04. The normalized spacial score (nSPS) is 10.9. The molecule has 2 N–H and O–H groups in total. The van der Waals surface area contributed by atoms with E-state index in [0.717, 1.165) is 24.3 Å². The Morgan fingerprint density at radius 3 is 2.26 bits per heavy atom. The van der Waals surface area contributed by atoms with Gasteiger partial charge in [0.2, 0.25) is 0 Å². The minimum Gasteiger partial charge on any atom is -0.399 e. The second-order valence-electron chi connectivity index (χ2n) is 4.67. The zero-order valence-corrected chi connectivity index (χ0v) is 12.2. The zero-order valence-electron chi connectivity index (χ0n) is 10.7. The van der Waals surface area contributed by atoms with Crippen molar-refractivity contribution in [2.45, 2.75) is 13.1 Å². The SMILES string of the molecule is CN(Cc1cccc(N)c1)Cc1ccc(Cl)c(Cl)c1. The van der Waals surface area contributed by atoms with Gasteiger partial charge in [0.25, 0.3) is 0 Å². The van der Waals surface area contributed by atoms with E-state index in [9.17, 15) is 0 Å². The van der Waals surface area contributed by atoms with Gasteiger partial charge in [0.05, 0.1) is 10.0 Å². The van der Waals surface area contributed by atoms with E-state index >= 15 is 0 Å². The van der Waals surface area contributed by atoms with Crippen LogP contribution in [-0.4, -0.2) is 11.9 Å². The Morgan fingerprint density at radius 2 is 1.63 bits per heavy atom. The van der Waals surface area contributed by atoms with Gasteiger partial charge in [0, 0.05) is 18.8 Å². The fourth-order valence-electron chi connectivity index (χ4n) is 2.01. The van der Waals surface area contributed by atoms with Gasteiger partial charge in [0.1, 0.15) is 0 Å². The minimum absolute atomic E-state index is 0.587. The summed E-state index contributed by atoms with van der Waals surface area (Å²) in [5.41, 5.74) is 8.90. The van der Waals surface area contributed by atoms with Gasteiger partial charge >= 0.3 is 0 Å². The Balaban J connectivity index is 2.01. The molecule has 2 nitrogen and oxygen atoms in total. The van der Waals surface area contributed by atoms with Gasteiger partial charge in [-0.2, -0.15) is 0 Å². The molecular weight excluding hydrogens is 279 g/mol. The summed E-state index contributed by atoms with van der Waals surface area (Å²) in [6.07, 6.45) is 0. The van der Waals surface area contributed by atoms with Gasteiger partial charge in [-0.05, 0) is 42.4 Å². The number of rotatable bonds is 4. The summed E-state index contributed by atoms with van der Waals surface area (Å²) in [6, 6.07) is 13.6. The van der Waals surface area contributed by atoms with Crippen molar-refractivity contribution in [1.29, 1.82) is 0 Å². The van der Waals surface area contributed by atoms with Crippen LogP contribution in [0.1, 0.15) is 11.1 Å². The highest BCUT2D eigenvalue weighted by Crippen LogP contribution is 2.23. The smallest absolute Gasteiger partial charge is 0.0595 e. The number of halogens is 2. The van der Waals surface area contributed by atoms with Gasteiger partial charge in [-0.25, -0.2) is 0 Å². The molecule has 0 atom stereocenters. The molecule has 0 bridgehead atoms. The van der Waals surface area contributed by atoms with Crippen LogP contribution in [-0.2, 0) is 13.1 Å². The largest absolute Gasteiger partial charge is 0.399 e. The van der Waals surface area contributed by atoms with Gasteiger partial charge in [-0.1, -0.05) is 41.4 Å². The van der Waals surface area contributed by atoms with Gasteiger partial charge in [0.15, 0.2) is 0 Å². The van der Waals surface area contributed by atoms with Crippen molar-refractivity contribution in [1.82, 2.24) is 4.90 Å². The predicted molar refractivity (Wildman–Crippen MR) is 82.5 cm³/mol. The molecule has 0 saturated carbocycles. The average molecular weight is 295 g/mol. The first-order valence-corrected chi connectivity index (χ1v) is 6.77. The third-order valence-electron chi connectivity index (χ3n) is 2.84. The second kappa shape index (κ2) is 6.29. The van der Waals surface area contributed by atoms with Gasteiger partial charge in [-0.15, -0.1) is 0 Å². The summed E-state index contributed by atoms with van der Waals surface area (Å²) in [5.74, 6) is 0. The quantitative estimate of drug-likeness (QED) is 0.856. The Kier molecular flexibility index (Phi) is 4.70. The van der Waals surface area contributed by atoms with E-state index in [0.29, 0.717) is 10.0 Å². The summed E-state index contributed by atoms with van der Waals surface area (Å²) < 4.78 is 0. The molecule has 2 aromatic rings. The Hall–Kier alpha value is -1.22. The molecule has 2 rings (SSSR count). The zero-order chi connectivity index (χ0) is 13.8. The third-order valence-corrected chi connectivity index (χ3v) is 3.58. The Bertz CT molecular complexity index is 570. The Morgan fingerprint density at radius 1 is 0.947 bits per heavy atom. The van der Waals surface area contributed by atoms with E-state index in [1.807, 2.05) is 36.4 Å². The Labute approximate surface area is 123 Å². The molecule has 0 aromatic heterocycles. The molecule has 0 spiro atoms. The molecule has 0 unspecified atom stereocenters. The van der Waals surface area contributed by atoms with Crippen molar-refractivity contribution in [3.63, 3.8) is 0 Å². The molecule has 2 aromatic carbocycles. The third kappa shape index (κ3) is 4.13. The molecule has 4 heteroatoms. The number of nitrogen functional groups attached to an aromatic ring is 1. The molecule has 0 aliphatic carbocycles. The maximum absolute atomic E-state index is 6.01. The fourth-order valence-corrected chi connectivity index (χ4v) is 2.33. The van der Waals surface area contributed by atoms with Crippen LogP contribution in [0.5, 0.6) is 0 Å². The number of hydrogen-bond acceptors (Lipinski definition) is 2. The number of benzene rings is 2. The van der Waals surface area contributed by atoms with Crippen molar-refractivity contribution in [2.24, 2.45) is 0 Å². The van der Waals surface area contributed by atoms with Crippen molar-refractivity contribution in [2.75, 3.05) is 12.8 Å². The van der Waals surface area contributed by atoms with Crippen LogP contribution in [0.3, 0.4) is 0 Å². The molecule has 0 heterocycles. The second-order valence-corrected chi connectivity index (χ2v) is 5.48. The maximum Gasteiger partial charge on any atom is 0.0595 e. The first-order valence-electron chi connectivity index (χ1n) is 6.01. The van der Waals surface area contributed by atoms with Crippen molar-refractivity contribution in [3.8, 4) is 0 Å². The molecular formula is C15H16Cl2N2. The lowest BCUT2D eigenvalue weighted by atomic mass is 10.1. The highest BCUT2D eigenvalue weighted by atomic mass is 35.5. The van der Waals surface area contributed by atoms with Crippen molar-refractivity contribution < 1.29 is 0 Å². The number of nitrogens with two attached hydrogens (primary N) is 1. The lowest BCUT2D eigenvalue weighted by molar-refractivity contribution is 0.319. The van der Waals surface area contributed by atoms with E-state index < -0.39 is 0 Å². The predicted octanol–water partition coefficient (Wildman–Crippen LogP) is 4.21. The lowest BCUT2D eigenvalue weighted by Gasteiger charge is -2.17. The van der Waals surface area contributed by atoms with Crippen LogP contribution >= 0.6 is 23.2 Å². The highest BCUT2D eigenvalue weighted by molar-refractivity contribution is 6.42. The van der Waals surface area contributed by atoms with Crippen molar-refractivity contribution in [3.05, 3.63) is 63.6 Å². The first kappa shape index (κ1) is 14.2. The summed E-state index contributed by atoms with van der Waals surface area (Å²) in [7, 11) is 2.06. The van der Waals surface area contributed by atoms with E-state index in [1.165, 1.54) is 5.56 Å². The van der Waals surface area contributed by atoms with Crippen LogP contribution in [0, 0.1) is 0 Å². The molecule has 0 aliphatic rings. The monoisotopic (exact) mass is 294 g/mol. The van der Waals surface area contributed by atoms with E-state index in [2.05, 4.69) is 18.0 Å². The van der Waals surface area contributed by atoms with Crippen LogP contribution in [0.2, 0.25) is 10.0 Å². The molecule has 0 fully saturated rings. The van der Waals surface area contributed by atoms with Crippen LogP contribution in [0.25, 0.3) is 0 Å². The van der Waals surface area contributed by atoms with Crippen LogP contribution in [0.15, 0.2) is 42.5 Å². The first-order chi connectivity index (χ1) is 9.04. The molecule has 0 amide bonds. The average Bonchev–Trinajstić information content (AvgIpc) is 2.34. The molecule has 0 aliphatic heterocycles. The summed E-state index contributed by atoms with van der Waals surface area (Å²) >= 11 is 11.9. The lowest BCUT2D eigenvalue weighted by Crippen LogP contribution is -2.17. The summed E-state index contributed by atoms with van der Waals surface area (Å²) in [5, 5.41) is 1.18. The molecule has 0 radical (unpaired) electrons. The molecule has 100 valence electrons. The van der Waals surface area contributed by atoms with Crippen LogP contribution < -0.4 is 5.73 Å². The topological polar surface area (TPSA) is 29.3 Å². The minimum atomic E-state index is 0.587. The van der Waals surface area contributed by atoms with E-state index in [4.69, 9.17) is 28.9 Å². The maximum atomic E-state index is 6.01. The fraction of sp³-hybridized carbons (Fsp3) is 0.200. The summed E-state index contributed by atoms with van der Waals surface area (Å²) in [6.45, 7) is 1.65. The van der Waals surface area contributed by atoms with Crippen molar-refractivity contribution >= 4 is 28.9 Å². The number of nitrogens with zero attached hydrogens (tertiary/aromatic N) is 1. The van der Waals surface area contributed by atoms with Gasteiger partial charge in [-0.3, -0.25) is 4.90 Å². The number of anilines is 1. The van der Waals surface area contributed by atoms with E-state index in [-0.39, 0.29) is 0 Å². The molecule has 19 heavy (non-hydrogen) atoms. The standard InChI is InChI=1S/C15H16Cl2N2/c1-19(9-11-3-2-4-13(18)7-11)10-12-5-6-14(16)15(17)8-12/h2-8H,9-10,18H2,1H3. The number of hydrogen-bond donors (Lipinski definition) is 1.